The molecule has 2 aromatic carbocycles. The zero-order valence-electron chi connectivity index (χ0n) is 16.8. The van der Waals surface area contributed by atoms with Crippen molar-refractivity contribution < 1.29 is 18.9 Å². The lowest BCUT2D eigenvalue weighted by Crippen LogP contribution is -2.36. The fourth-order valence-electron chi connectivity index (χ4n) is 3.60. The molecule has 0 aliphatic carbocycles. The number of benzene rings is 2. The van der Waals surface area contributed by atoms with Gasteiger partial charge in [-0.2, -0.15) is 0 Å². The molecule has 1 aromatic heterocycles. The van der Waals surface area contributed by atoms with Crippen LogP contribution in [0.3, 0.4) is 0 Å². The zero-order chi connectivity index (χ0) is 21.8. The van der Waals surface area contributed by atoms with Gasteiger partial charge >= 0.3 is 5.76 Å². The van der Waals surface area contributed by atoms with E-state index < -0.39 is 10.7 Å². The highest BCUT2D eigenvalue weighted by Gasteiger charge is 2.17. The van der Waals surface area contributed by atoms with Crippen molar-refractivity contribution >= 4 is 22.7 Å². The van der Waals surface area contributed by atoms with Gasteiger partial charge in [-0.05, 0) is 17.2 Å². The Hall–Kier alpha value is -3.50. The summed E-state index contributed by atoms with van der Waals surface area (Å²) in [7, 11) is 0. The summed E-state index contributed by atoms with van der Waals surface area (Å²) in [6, 6.07) is 11.7. The third-order valence-electron chi connectivity index (χ3n) is 5.26. The van der Waals surface area contributed by atoms with Crippen LogP contribution in [0.25, 0.3) is 11.1 Å². The minimum Gasteiger partial charge on any atom is -0.407 e. The summed E-state index contributed by atoms with van der Waals surface area (Å²) in [4.78, 5) is 37.3. The zero-order valence-corrected chi connectivity index (χ0v) is 16.8. The fourth-order valence-corrected chi connectivity index (χ4v) is 3.60. The first kappa shape index (κ1) is 20.8. The fraction of sp³-hybridized carbons (Fsp3) is 0.333. The Bertz CT molecular complexity index is 1160. The molecule has 10 heteroatoms. The normalized spacial score (nSPS) is 14.6. The Morgan fingerprint density at radius 1 is 1.13 bits per heavy atom. The molecule has 3 aromatic rings. The first-order valence-corrected chi connectivity index (χ1v) is 9.92. The van der Waals surface area contributed by atoms with Crippen molar-refractivity contribution in [2.24, 2.45) is 0 Å². The standard InChI is InChI=1S/C21H22N4O6/c26-20(14-24-18-6-5-17(25(28)29)11-19(18)31-21(24)27)22-12-15-3-1-2-4-16(15)13-23-7-9-30-10-8-23/h1-6,11H,7-10,12-14H2,(H,22,26). The Morgan fingerprint density at radius 3 is 2.61 bits per heavy atom. The van der Waals surface area contributed by atoms with Crippen LogP contribution >= 0.6 is 0 Å². The third kappa shape index (κ3) is 4.81. The molecule has 1 aliphatic rings. The van der Waals surface area contributed by atoms with Crippen LogP contribution in [0, 0.1) is 10.1 Å². The van der Waals surface area contributed by atoms with Gasteiger partial charge < -0.3 is 14.5 Å². The molecule has 1 N–H and O–H groups in total. The number of nitrogens with zero attached hydrogens (tertiary/aromatic N) is 3. The van der Waals surface area contributed by atoms with Gasteiger partial charge in [0.05, 0.1) is 29.7 Å². The molecular formula is C21H22N4O6. The summed E-state index contributed by atoms with van der Waals surface area (Å²) in [6.07, 6.45) is 0. The number of nitrogens with one attached hydrogen (secondary N) is 1. The van der Waals surface area contributed by atoms with Crippen molar-refractivity contribution in [1.29, 1.82) is 0 Å². The monoisotopic (exact) mass is 426 g/mol. The van der Waals surface area contributed by atoms with Gasteiger partial charge in [-0.15, -0.1) is 0 Å². The number of fused-ring (bicyclic) bond motifs is 1. The summed E-state index contributed by atoms with van der Waals surface area (Å²) < 4.78 is 11.6. The van der Waals surface area contributed by atoms with E-state index in [9.17, 15) is 19.7 Å². The Labute approximate surface area is 177 Å². The van der Waals surface area contributed by atoms with E-state index in [1.165, 1.54) is 18.2 Å². The number of hydrogen-bond donors (Lipinski definition) is 1. The Kier molecular flexibility index (Phi) is 6.10. The highest BCUT2D eigenvalue weighted by molar-refractivity contribution is 5.80. The summed E-state index contributed by atoms with van der Waals surface area (Å²) in [5.74, 6) is -1.09. The van der Waals surface area contributed by atoms with Gasteiger partial charge in [-0.1, -0.05) is 24.3 Å². The topological polar surface area (TPSA) is 120 Å². The molecule has 0 spiro atoms. The van der Waals surface area contributed by atoms with Crippen molar-refractivity contribution in [2.75, 3.05) is 26.3 Å². The van der Waals surface area contributed by atoms with E-state index in [1.54, 1.807) is 0 Å². The molecule has 0 radical (unpaired) electrons. The van der Waals surface area contributed by atoms with Crippen LogP contribution in [0.2, 0.25) is 0 Å². The summed E-state index contributed by atoms with van der Waals surface area (Å²) in [5.41, 5.74) is 2.35. The molecule has 1 fully saturated rings. The lowest BCUT2D eigenvalue weighted by Gasteiger charge is -2.27. The number of hydrogen-bond acceptors (Lipinski definition) is 7. The quantitative estimate of drug-likeness (QED) is 0.451. The van der Waals surface area contributed by atoms with Crippen LogP contribution in [0.5, 0.6) is 0 Å². The Morgan fingerprint density at radius 2 is 1.87 bits per heavy atom. The van der Waals surface area contributed by atoms with Gasteiger partial charge in [0.15, 0.2) is 5.58 Å². The molecule has 1 saturated heterocycles. The van der Waals surface area contributed by atoms with Crippen LogP contribution in [0.15, 0.2) is 51.7 Å². The number of nitro benzene ring substituents is 1. The van der Waals surface area contributed by atoms with Gasteiger partial charge in [0, 0.05) is 32.2 Å². The van der Waals surface area contributed by atoms with Gasteiger partial charge in [-0.3, -0.25) is 24.4 Å². The molecule has 1 aliphatic heterocycles. The number of rotatable bonds is 7. The number of non-ortho nitro benzene ring substituents is 1. The molecule has 2 heterocycles. The minimum atomic E-state index is -0.738. The first-order chi connectivity index (χ1) is 15.0. The molecule has 0 saturated carbocycles. The lowest BCUT2D eigenvalue weighted by molar-refractivity contribution is -0.384. The van der Waals surface area contributed by atoms with E-state index in [0.717, 1.165) is 48.5 Å². The van der Waals surface area contributed by atoms with Crippen LogP contribution in [0.1, 0.15) is 11.1 Å². The number of oxazole rings is 1. The van der Waals surface area contributed by atoms with E-state index in [4.69, 9.17) is 9.15 Å². The largest absolute Gasteiger partial charge is 0.420 e. The van der Waals surface area contributed by atoms with E-state index >= 15 is 0 Å². The third-order valence-corrected chi connectivity index (χ3v) is 5.26. The average Bonchev–Trinajstić information content (AvgIpc) is 3.08. The van der Waals surface area contributed by atoms with Crippen molar-refractivity contribution in [3.8, 4) is 0 Å². The van der Waals surface area contributed by atoms with E-state index in [-0.39, 0.29) is 23.7 Å². The molecule has 4 rings (SSSR count). The molecular weight excluding hydrogens is 404 g/mol. The maximum absolute atomic E-state index is 12.5. The van der Waals surface area contributed by atoms with Crippen LogP contribution in [-0.2, 0) is 29.2 Å². The van der Waals surface area contributed by atoms with Crippen molar-refractivity contribution in [3.63, 3.8) is 0 Å². The van der Waals surface area contributed by atoms with Gasteiger partial charge in [-0.25, -0.2) is 4.79 Å². The second kappa shape index (κ2) is 9.11. The number of carbonyl (C=O) groups excluding carboxylic acids is 1. The smallest absolute Gasteiger partial charge is 0.407 e. The van der Waals surface area contributed by atoms with Crippen molar-refractivity contribution in [1.82, 2.24) is 14.8 Å². The molecule has 0 bridgehead atoms. The summed E-state index contributed by atoms with van der Waals surface area (Å²) >= 11 is 0. The van der Waals surface area contributed by atoms with Crippen molar-refractivity contribution in [3.05, 3.63) is 74.3 Å². The predicted octanol–water partition coefficient (Wildman–Crippen LogP) is 1.65. The summed E-state index contributed by atoms with van der Waals surface area (Å²) in [5, 5.41) is 13.7. The van der Waals surface area contributed by atoms with Gasteiger partial charge in [0.2, 0.25) is 5.91 Å². The van der Waals surface area contributed by atoms with E-state index in [0.29, 0.717) is 12.1 Å². The second-order valence-corrected chi connectivity index (χ2v) is 7.30. The number of ether oxygens (including phenoxy) is 1. The number of carbonyl (C=O) groups is 1. The molecule has 10 nitrogen and oxygen atoms in total. The van der Waals surface area contributed by atoms with E-state index in [2.05, 4.69) is 10.2 Å². The van der Waals surface area contributed by atoms with Gasteiger partial charge in [0.1, 0.15) is 6.54 Å². The average molecular weight is 426 g/mol. The van der Waals surface area contributed by atoms with Crippen LogP contribution in [0.4, 0.5) is 5.69 Å². The van der Waals surface area contributed by atoms with Crippen molar-refractivity contribution in [2.45, 2.75) is 19.6 Å². The number of amides is 1. The highest BCUT2D eigenvalue weighted by atomic mass is 16.6. The predicted molar refractivity (Wildman–Crippen MR) is 112 cm³/mol. The Balaban J connectivity index is 1.43. The van der Waals surface area contributed by atoms with Crippen LogP contribution in [-0.4, -0.2) is 46.6 Å². The SMILES string of the molecule is O=C(Cn1c(=O)oc2cc([N+](=O)[O-])ccc21)NCc1ccccc1CN1CCOCC1. The van der Waals surface area contributed by atoms with Crippen LogP contribution < -0.4 is 11.1 Å². The van der Waals surface area contributed by atoms with Gasteiger partial charge in [0.25, 0.3) is 5.69 Å². The maximum Gasteiger partial charge on any atom is 0.420 e. The molecule has 31 heavy (non-hydrogen) atoms. The molecule has 162 valence electrons. The maximum atomic E-state index is 12.5. The second-order valence-electron chi connectivity index (χ2n) is 7.30. The van der Waals surface area contributed by atoms with E-state index in [1.807, 2.05) is 24.3 Å². The molecule has 1 amide bonds. The molecule has 0 unspecified atom stereocenters. The highest BCUT2D eigenvalue weighted by Crippen LogP contribution is 2.20. The number of morpholine rings is 1. The first-order valence-electron chi connectivity index (χ1n) is 9.92. The summed E-state index contributed by atoms with van der Waals surface area (Å²) in [6.45, 7) is 4.04. The molecule has 0 atom stereocenters. The number of nitro groups is 1. The minimum absolute atomic E-state index is 0.0721. The number of aromatic nitrogens is 1. The lowest BCUT2D eigenvalue weighted by atomic mass is 10.1.